The molecule has 10 nitrogen and oxygen atoms in total. The average Bonchev–Trinajstić information content (AvgIpc) is 3.49. The van der Waals surface area contributed by atoms with Gasteiger partial charge < -0.3 is 25.2 Å². The Morgan fingerprint density at radius 2 is 1.65 bits per heavy atom. The van der Waals surface area contributed by atoms with Gasteiger partial charge in [-0.1, -0.05) is 81.3 Å². The van der Waals surface area contributed by atoms with Gasteiger partial charge in [-0.25, -0.2) is 9.58 Å². The Bertz CT molecular complexity index is 1680. The Kier molecular flexibility index (Phi) is 11.8. The van der Waals surface area contributed by atoms with Crippen LogP contribution in [0, 0.1) is 6.92 Å². The van der Waals surface area contributed by atoms with Gasteiger partial charge in [0.05, 0.1) is 5.69 Å². The van der Waals surface area contributed by atoms with Crippen LogP contribution in [0.25, 0.3) is 5.69 Å². The maximum Gasteiger partial charge on any atom is 0.274 e. The fourth-order valence-electron chi connectivity index (χ4n) is 6.21. The summed E-state index contributed by atoms with van der Waals surface area (Å²) in [5.74, 6) is -0.495. The number of rotatable bonds is 14. The first-order valence-electron chi connectivity index (χ1n) is 16.8. The number of benzene rings is 3. The second kappa shape index (κ2) is 16.2. The van der Waals surface area contributed by atoms with Crippen molar-refractivity contribution in [3.63, 3.8) is 0 Å². The van der Waals surface area contributed by atoms with E-state index in [0.717, 1.165) is 36.8 Å². The summed E-state index contributed by atoms with van der Waals surface area (Å²) in [6.07, 6.45) is 1.09. The van der Waals surface area contributed by atoms with Crippen LogP contribution >= 0.6 is 0 Å². The molecule has 0 saturated heterocycles. The van der Waals surface area contributed by atoms with E-state index in [9.17, 15) is 19.8 Å². The van der Waals surface area contributed by atoms with Crippen LogP contribution in [-0.2, 0) is 22.5 Å². The highest BCUT2D eigenvalue weighted by atomic mass is 16.5. The van der Waals surface area contributed by atoms with Crippen molar-refractivity contribution in [3.8, 4) is 5.69 Å². The molecule has 0 spiro atoms. The summed E-state index contributed by atoms with van der Waals surface area (Å²) in [5.41, 5.74) is 5.18. The van der Waals surface area contributed by atoms with Gasteiger partial charge in [0.2, 0.25) is 0 Å². The van der Waals surface area contributed by atoms with Crippen molar-refractivity contribution < 1.29 is 24.5 Å². The molecule has 0 saturated carbocycles. The van der Waals surface area contributed by atoms with E-state index in [1.54, 1.807) is 33.8 Å². The molecular weight excluding hydrogens is 606 g/mol. The molecule has 4 aromatic rings. The number of aliphatic hydroxyl groups excluding tert-OH is 2. The van der Waals surface area contributed by atoms with Gasteiger partial charge in [-0.05, 0) is 60.7 Å². The zero-order valence-electron chi connectivity index (χ0n) is 28.3. The van der Waals surface area contributed by atoms with Crippen LogP contribution in [0.4, 0.5) is 5.69 Å². The fourth-order valence-corrected chi connectivity index (χ4v) is 6.21. The SMILES string of the molecule is CCCCN(CCCC)C(=O)c1cc(C)n(-c2ccc(NC(=O)C(OC)c3ccccc3)cc2C(O)N2Cc3ccccc3CC2O)n1. The van der Waals surface area contributed by atoms with E-state index < -0.39 is 18.6 Å². The molecule has 10 heteroatoms. The molecule has 3 unspecified atom stereocenters. The zero-order chi connectivity index (χ0) is 34.2. The Hall–Kier alpha value is -4.35. The lowest BCUT2D eigenvalue weighted by atomic mass is 9.97. The van der Waals surface area contributed by atoms with Crippen LogP contribution in [-0.4, -0.2) is 68.0 Å². The maximum atomic E-state index is 13.7. The van der Waals surface area contributed by atoms with Crippen LogP contribution in [0.15, 0.2) is 78.9 Å². The van der Waals surface area contributed by atoms with Gasteiger partial charge in [0, 0.05) is 50.1 Å². The summed E-state index contributed by atoms with van der Waals surface area (Å²) in [4.78, 5) is 30.6. The summed E-state index contributed by atoms with van der Waals surface area (Å²) >= 11 is 0. The second-order valence-electron chi connectivity index (χ2n) is 12.4. The standard InChI is InChI=1S/C38H47N5O5/c1-5-7-20-41(21-8-6-2)38(47)32-22-26(3)43(40-32)33-19-18-30(39-36(45)35(48-4)27-14-10-9-11-15-27)24-31(33)37(46)42-25-29-17-13-12-16-28(29)23-34(42)44/h9-19,22,24,34-35,37,44,46H,5-8,20-21,23,25H2,1-4H3,(H,39,45). The topological polar surface area (TPSA) is 120 Å². The van der Waals surface area contributed by atoms with Crippen molar-refractivity contribution >= 4 is 17.5 Å². The van der Waals surface area contributed by atoms with Gasteiger partial charge in [0.15, 0.2) is 11.8 Å². The van der Waals surface area contributed by atoms with Crippen molar-refractivity contribution in [1.29, 1.82) is 0 Å². The molecule has 3 aromatic carbocycles. The normalized spacial score (nSPS) is 15.8. The number of carbonyl (C=O) groups is 2. The first-order valence-corrected chi connectivity index (χ1v) is 16.8. The number of aryl methyl sites for hydroxylation is 1. The van der Waals surface area contributed by atoms with Gasteiger partial charge in [-0.15, -0.1) is 0 Å². The lowest BCUT2D eigenvalue weighted by Gasteiger charge is -2.37. The summed E-state index contributed by atoms with van der Waals surface area (Å²) in [6, 6.07) is 24.0. The molecule has 1 aliphatic heterocycles. The van der Waals surface area contributed by atoms with Gasteiger partial charge in [0.1, 0.15) is 12.5 Å². The maximum absolute atomic E-state index is 13.7. The molecule has 3 atom stereocenters. The van der Waals surface area contributed by atoms with Crippen molar-refractivity contribution in [1.82, 2.24) is 19.6 Å². The minimum atomic E-state index is -1.26. The van der Waals surface area contributed by atoms with Gasteiger partial charge in [-0.2, -0.15) is 5.10 Å². The van der Waals surface area contributed by atoms with E-state index in [0.29, 0.717) is 59.9 Å². The summed E-state index contributed by atoms with van der Waals surface area (Å²) in [5, 5.41) is 30.9. The number of methoxy groups -OCH3 is 1. The molecule has 2 amide bonds. The van der Waals surface area contributed by atoms with E-state index >= 15 is 0 Å². The highest BCUT2D eigenvalue weighted by Gasteiger charge is 2.32. The summed E-state index contributed by atoms with van der Waals surface area (Å²) in [7, 11) is 1.48. The van der Waals surface area contributed by atoms with Crippen LogP contribution < -0.4 is 5.32 Å². The number of aliphatic hydroxyl groups is 2. The molecule has 2 heterocycles. The number of fused-ring (bicyclic) bond motifs is 1. The predicted molar refractivity (Wildman–Crippen MR) is 185 cm³/mol. The highest BCUT2D eigenvalue weighted by Crippen LogP contribution is 2.34. The van der Waals surface area contributed by atoms with Crippen molar-refractivity contribution in [3.05, 3.63) is 113 Å². The van der Waals surface area contributed by atoms with Crippen LogP contribution in [0.2, 0.25) is 0 Å². The number of unbranched alkanes of at least 4 members (excludes halogenated alkanes) is 2. The number of ether oxygens (including phenoxy) is 1. The Labute approximate surface area is 283 Å². The third-order valence-electron chi connectivity index (χ3n) is 8.91. The molecule has 0 bridgehead atoms. The van der Waals surface area contributed by atoms with E-state index in [4.69, 9.17) is 9.84 Å². The van der Waals surface area contributed by atoms with Crippen LogP contribution in [0.5, 0.6) is 0 Å². The summed E-state index contributed by atoms with van der Waals surface area (Å²) in [6.45, 7) is 7.73. The fraction of sp³-hybridized carbons (Fsp3) is 0.395. The highest BCUT2D eigenvalue weighted by molar-refractivity contribution is 5.95. The quantitative estimate of drug-likeness (QED) is 0.155. The molecule has 48 heavy (non-hydrogen) atoms. The number of carbonyl (C=O) groups excluding carboxylic acids is 2. The first kappa shape index (κ1) is 35.0. The van der Waals surface area contributed by atoms with Crippen LogP contribution in [0.1, 0.15) is 90.3 Å². The lowest BCUT2D eigenvalue weighted by Crippen LogP contribution is -2.42. The lowest BCUT2D eigenvalue weighted by molar-refractivity contribution is -0.126. The largest absolute Gasteiger partial charge is 0.378 e. The summed E-state index contributed by atoms with van der Waals surface area (Å²) < 4.78 is 7.19. The van der Waals surface area contributed by atoms with E-state index in [-0.39, 0.29) is 11.8 Å². The minimum Gasteiger partial charge on any atom is -0.378 e. The van der Waals surface area contributed by atoms with Crippen molar-refractivity contribution in [2.24, 2.45) is 0 Å². The molecular formula is C38H47N5O5. The van der Waals surface area contributed by atoms with E-state index in [2.05, 4.69) is 19.2 Å². The van der Waals surface area contributed by atoms with Crippen molar-refractivity contribution in [2.45, 2.75) is 78.0 Å². The number of nitrogens with zero attached hydrogens (tertiary/aromatic N) is 4. The first-order chi connectivity index (χ1) is 23.2. The monoisotopic (exact) mass is 653 g/mol. The molecule has 1 aromatic heterocycles. The molecule has 0 aliphatic carbocycles. The van der Waals surface area contributed by atoms with Gasteiger partial charge >= 0.3 is 0 Å². The number of amides is 2. The van der Waals surface area contributed by atoms with Gasteiger partial charge in [-0.3, -0.25) is 9.59 Å². The number of aromatic nitrogens is 2. The predicted octanol–water partition coefficient (Wildman–Crippen LogP) is 5.92. The Morgan fingerprint density at radius 3 is 2.31 bits per heavy atom. The third-order valence-corrected chi connectivity index (χ3v) is 8.91. The number of hydrogen-bond acceptors (Lipinski definition) is 7. The molecule has 0 radical (unpaired) electrons. The van der Waals surface area contributed by atoms with Crippen molar-refractivity contribution in [2.75, 3.05) is 25.5 Å². The second-order valence-corrected chi connectivity index (χ2v) is 12.4. The van der Waals surface area contributed by atoms with E-state index in [1.807, 2.05) is 66.4 Å². The zero-order valence-corrected chi connectivity index (χ0v) is 28.3. The number of hydrogen-bond donors (Lipinski definition) is 3. The van der Waals surface area contributed by atoms with Crippen LogP contribution in [0.3, 0.4) is 0 Å². The smallest absolute Gasteiger partial charge is 0.274 e. The molecule has 254 valence electrons. The molecule has 5 rings (SSSR count). The molecule has 1 aliphatic rings. The number of anilines is 1. The number of nitrogens with one attached hydrogen (secondary N) is 1. The Morgan fingerprint density at radius 1 is 0.979 bits per heavy atom. The molecule has 0 fully saturated rings. The Balaban J connectivity index is 1.52. The average molecular weight is 654 g/mol. The van der Waals surface area contributed by atoms with Gasteiger partial charge in [0.25, 0.3) is 11.8 Å². The van der Waals surface area contributed by atoms with E-state index in [1.165, 1.54) is 7.11 Å². The molecule has 3 N–H and O–H groups in total. The minimum absolute atomic E-state index is 0.126. The third kappa shape index (κ3) is 7.85.